The predicted molar refractivity (Wildman–Crippen MR) is 81.7 cm³/mol. The summed E-state index contributed by atoms with van der Waals surface area (Å²) in [6.07, 6.45) is 2.29. The highest BCUT2D eigenvalue weighted by molar-refractivity contribution is 6.32. The van der Waals surface area contributed by atoms with E-state index in [2.05, 4.69) is 37.2 Å². The Morgan fingerprint density at radius 2 is 2.11 bits per heavy atom. The summed E-state index contributed by atoms with van der Waals surface area (Å²) in [4.78, 5) is 2.35. The number of rotatable bonds is 7. The maximum atomic E-state index is 8.79. The molecule has 19 heavy (non-hydrogen) atoms. The smallest absolute Gasteiger partial charge is 0.101 e. The molecule has 0 bridgehead atoms. The number of benzene rings is 1. The first-order valence-corrected chi connectivity index (χ1v) is 7.06. The number of nitrogens with one attached hydrogen (secondary N) is 1. The molecule has 104 valence electrons. The third-order valence-corrected chi connectivity index (χ3v) is 3.55. The molecule has 0 aliphatic carbocycles. The van der Waals surface area contributed by atoms with E-state index in [1.807, 2.05) is 6.07 Å². The van der Waals surface area contributed by atoms with Crippen LogP contribution in [0, 0.1) is 11.3 Å². The Bertz CT molecular complexity index is 438. The fourth-order valence-corrected chi connectivity index (χ4v) is 1.92. The zero-order valence-electron chi connectivity index (χ0n) is 11.9. The van der Waals surface area contributed by atoms with E-state index in [1.54, 1.807) is 12.1 Å². The van der Waals surface area contributed by atoms with Crippen molar-refractivity contribution in [2.45, 2.75) is 32.7 Å². The topological polar surface area (TPSA) is 39.1 Å². The molecule has 0 saturated carbocycles. The van der Waals surface area contributed by atoms with Gasteiger partial charge in [-0.25, -0.2) is 0 Å². The highest BCUT2D eigenvalue weighted by Gasteiger charge is 2.02. The van der Waals surface area contributed by atoms with Crippen LogP contribution in [0.5, 0.6) is 0 Å². The zero-order valence-corrected chi connectivity index (χ0v) is 12.7. The van der Waals surface area contributed by atoms with Gasteiger partial charge in [-0.05, 0) is 58.5 Å². The lowest BCUT2D eigenvalue weighted by Crippen LogP contribution is -2.27. The fraction of sp³-hybridized carbons (Fsp3) is 0.533. The Hall–Kier alpha value is -1.24. The van der Waals surface area contributed by atoms with Crippen molar-refractivity contribution < 1.29 is 0 Å². The van der Waals surface area contributed by atoms with Gasteiger partial charge < -0.3 is 10.2 Å². The second-order valence-electron chi connectivity index (χ2n) is 5.01. The highest BCUT2D eigenvalue weighted by atomic mass is 35.5. The van der Waals surface area contributed by atoms with Crippen molar-refractivity contribution in [1.82, 2.24) is 4.90 Å². The van der Waals surface area contributed by atoms with Crippen LogP contribution in [0.25, 0.3) is 0 Å². The Labute approximate surface area is 121 Å². The van der Waals surface area contributed by atoms with Gasteiger partial charge in [-0.3, -0.25) is 0 Å². The lowest BCUT2D eigenvalue weighted by Gasteiger charge is -2.20. The summed E-state index contributed by atoms with van der Waals surface area (Å²) in [6, 6.07) is 8.11. The van der Waals surface area contributed by atoms with Crippen molar-refractivity contribution in [2.24, 2.45) is 0 Å². The number of nitriles is 1. The third kappa shape index (κ3) is 5.50. The summed E-state index contributed by atoms with van der Waals surface area (Å²) in [5, 5.41) is 12.6. The Kier molecular flexibility index (Phi) is 6.69. The molecule has 0 aliphatic rings. The summed E-state index contributed by atoms with van der Waals surface area (Å²) >= 11 is 5.98. The van der Waals surface area contributed by atoms with Crippen LogP contribution in [-0.2, 0) is 0 Å². The molecule has 1 rings (SSSR count). The summed E-state index contributed by atoms with van der Waals surface area (Å²) in [5.41, 5.74) is 1.49. The maximum Gasteiger partial charge on any atom is 0.101 e. The van der Waals surface area contributed by atoms with Gasteiger partial charge in [0.2, 0.25) is 0 Å². The Morgan fingerprint density at radius 3 is 2.68 bits per heavy atom. The standard InChI is InChI=1S/C15H22ClN3/c1-12(2)19(3)9-5-4-8-18-14-7-6-13(11-17)15(16)10-14/h6-7,10,12,18H,4-5,8-9H2,1-3H3. The average molecular weight is 280 g/mol. The van der Waals surface area contributed by atoms with Crippen molar-refractivity contribution in [3.05, 3.63) is 28.8 Å². The van der Waals surface area contributed by atoms with Crippen molar-refractivity contribution in [2.75, 3.05) is 25.5 Å². The molecule has 0 aromatic heterocycles. The largest absolute Gasteiger partial charge is 0.385 e. The average Bonchev–Trinajstić information content (AvgIpc) is 2.38. The van der Waals surface area contributed by atoms with Crippen LogP contribution < -0.4 is 5.32 Å². The van der Waals surface area contributed by atoms with E-state index in [1.165, 1.54) is 6.42 Å². The molecule has 0 atom stereocenters. The fourth-order valence-electron chi connectivity index (χ4n) is 1.69. The summed E-state index contributed by atoms with van der Waals surface area (Å²) < 4.78 is 0. The Balaban J connectivity index is 2.27. The van der Waals surface area contributed by atoms with E-state index < -0.39 is 0 Å². The van der Waals surface area contributed by atoms with Gasteiger partial charge in [-0.2, -0.15) is 5.26 Å². The van der Waals surface area contributed by atoms with Crippen LogP contribution >= 0.6 is 11.6 Å². The molecular weight excluding hydrogens is 258 g/mol. The molecule has 3 nitrogen and oxygen atoms in total. The molecule has 0 amide bonds. The molecule has 0 unspecified atom stereocenters. The van der Waals surface area contributed by atoms with Crippen LogP contribution in [0.15, 0.2) is 18.2 Å². The monoisotopic (exact) mass is 279 g/mol. The van der Waals surface area contributed by atoms with Gasteiger partial charge in [0.05, 0.1) is 10.6 Å². The zero-order chi connectivity index (χ0) is 14.3. The van der Waals surface area contributed by atoms with Gasteiger partial charge in [0.1, 0.15) is 6.07 Å². The van der Waals surface area contributed by atoms with E-state index in [-0.39, 0.29) is 0 Å². The van der Waals surface area contributed by atoms with E-state index in [0.29, 0.717) is 16.6 Å². The second-order valence-corrected chi connectivity index (χ2v) is 5.42. The van der Waals surface area contributed by atoms with Crippen LogP contribution in [0.3, 0.4) is 0 Å². The molecule has 0 saturated heterocycles. The molecule has 0 heterocycles. The van der Waals surface area contributed by atoms with E-state index >= 15 is 0 Å². The maximum absolute atomic E-state index is 8.79. The minimum atomic E-state index is 0.507. The summed E-state index contributed by atoms with van der Waals surface area (Å²) in [7, 11) is 2.15. The molecule has 4 heteroatoms. The number of nitrogens with zero attached hydrogens (tertiary/aromatic N) is 2. The van der Waals surface area contributed by atoms with Gasteiger partial charge in [-0.15, -0.1) is 0 Å². The highest BCUT2D eigenvalue weighted by Crippen LogP contribution is 2.20. The minimum Gasteiger partial charge on any atom is -0.385 e. The molecule has 1 aromatic carbocycles. The number of anilines is 1. The molecule has 0 fully saturated rings. The minimum absolute atomic E-state index is 0.507. The van der Waals surface area contributed by atoms with Gasteiger partial charge in [0.15, 0.2) is 0 Å². The first-order chi connectivity index (χ1) is 9.04. The van der Waals surface area contributed by atoms with Crippen LogP contribution in [0.4, 0.5) is 5.69 Å². The van der Waals surface area contributed by atoms with Gasteiger partial charge in [0.25, 0.3) is 0 Å². The third-order valence-electron chi connectivity index (χ3n) is 3.24. The lowest BCUT2D eigenvalue weighted by atomic mass is 10.2. The SMILES string of the molecule is CC(C)N(C)CCCCNc1ccc(C#N)c(Cl)c1. The van der Waals surface area contributed by atoms with Crippen molar-refractivity contribution in [1.29, 1.82) is 5.26 Å². The number of hydrogen-bond donors (Lipinski definition) is 1. The van der Waals surface area contributed by atoms with Gasteiger partial charge in [0, 0.05) is 18.3 Å². The van der Waals surface area contributed by atoms with E-state index in [9.17, 15) is 0 Å². The molecule has 1 N–H and O–H groups in total. The van der Waals surface area contributed by atoms with E-state index in [4.69, 9.17) is 16.9 Å². The normalized spacial score (nSPS) is 10.8. The molecule has 0 aliphatic heterocycles. The van der Waals surface area contributed by atoms with Crippen LogP contribution in [-0.4, -0.2) is 31.1 Å². The first kappa shape index (κ1) is 15.8. The van der Waals surface area contributed by atoms with Gasteiger partial charge in [-0.1, -0.05) is 11.6 Å². The van der Waals surface area contributed by atoms with Crippen LogP contribution in [0.2, 0.25) is 5.02 Å². The van der Waals surface area contributed by atoms with Crippen molar-refractivity contribution in [3.63, 3.8) is 0 Å². The lowest BCUT2D eigenvalue weighted by molar-refractivity contribution is 0.269. The Morgan fingerprint density at radius 1 is 1.37 bits per heavy atom. The molecule has 1 aromatic rings. The number of hydrogen-bond acceptors (Lipinski definition) is 3. The molecular formula is C15H22ClN3. The number of halogens is 1. The summed E-state index contributed by atoms with van der Waals surface area (Å²) in [6.45, 7) is 6.45. The van der Waals surface area contributed by atoms with Crippen molar-refractivity contribution >= 4 is 17.3 Å². The molecule has 0 radical (unpaired) electrons. The van der Waals surface area contributed by atoms with Crippen molar-refractivity contribution in [3.8, 4) is 6.07 Å². The van der Waals surface area contributed by atoms with Gasteiger partial charge >= 0.3 is 0 Å². The van der Waals surface area contributed by atoms with Crippen LogP contribution in [0.1, 0.15) is 32.3 Å². The predicted octanol–water partition coefficient (Wildman–Crippen LogP) is 3.74. The van der Waals surface area contributed by atoms with E-state index in [0.717, 1.165) is 25.2 Å². The first-order valence-electron chi connectivity index (χ1n) is 6.68. The molecule has 0 spiro atoms. The summed E-state index contributed by atoms with van der Waals surface area (Å²) in [5.74, 6) is 0. The number of unbranched alkanes of at least 4 members (excludes halogenated alkanes) is 1. The second kappa shape index (κ2) is 8.04. The quantitative estimate of drug-likeness (QED) is 0.773.